The number of rotatable bonds is 6. The molecule has 0 aromatic carbocycles. The summed E-state index contributed by atoms with van der Waals surface area (Å²) in [7, 11) is 0. The van der Waals surface area contributed by atoms with Crippen molar-refractivity contribution in [2.75, 3.05) is 0 Å². The molecular weight excluding hydrogens is 234 g/mol. The van der Waals surface area contributed by atoms with Crippen molar-refractivity contribution < 1.29 is 0 Å². The second kappa shape index (κ2) is 7.09. The Bertz CT molecular complexity index is 375. The van der Waals surface area contributed by atoms with Gasteiger partial charge in [0.15, 0.2) is 0 Å². The summed E-state index contributed by atoms with van der Waals surface area (Å²) >= 11 is 0. The maximum Gasteiger partial charge on any atom is 0.0597 e. The van der Waals surface area contributed by atoms with Crippen LogP contribution < -0.4 is 5.32 Å². The summed E-state index contributed by atoms with van der Waals surface area (Å²) < 4.78 is 2.12. The molecule has 1 aromatic heterocycles. The number of nitrogens with zero attached hydrogens (tertiary/aromatic N) is 2. The fourth-order valence-corrected chi connectivity index (χ4v) is 3.33. The summed E-state index contributed by atoms with van der Waals surface area (Å²) in [6.07, 6.45) is 8.30. The van der Waals surface area contributed by atoms with Crippen molar-refractivity contribution in [1.82, 2.24) is 15.1 Å². The van der Waals surface area contributed by atoms with Crippen LogP contribution in [-0.2, 0) is 13.1 Å². The van der Waals surface area contributed by atoms with Gasteiger partial charge in [0.05, 0.1) is 11.4 Å². The predicted octanol–water partition coefficient (Wildman–Crippen LogP) is 3.66. The highest BCUT2D eigenvalue weighted by atomic mass is 15.3. The third-order valence-electron chi connectivity index (χ3n) is 4.40. The average molecular weight is 263 g/mol. The third kappa shape index (κ3) is 4.07. The Kier molecular flexibility index (Phi) is 5.44. The van der Waals surface area contributed by atoms with Crippen molar-refractivity contribution in [2.24, 2.45) is 5.92 Å². The number of aromatic nitrogens is 2. The first-order valence-corrected chi connectivity index (χ1v) is 7.99. The van der Waals surface area contributed by atoms with Crippen LogP contribution in [0.1, 0.15) is 63.8 Å². The molecule has 1 heterocycles. The molecule has 0 unspecified atom stereocenters. The first-order valence-electron chi connectivity index (χ1n) is 7.99. The zero-order valence-electron chi connectivity index (χ0n) is 12.8. The van der Waals surface area contributed by atoms with Gasteiger partial charge in [-0.2, -0.15) is 5.10 Å². The number of hydrogen-bond donors (Lipinski definition) is 1. The van der Waals surface area contributed by atoms with Crippen LogP contribution in [-0.4, -0.2) is 15.8 Å². The monoisotopic (exact) mass is 263 g/mol. The topological polar surface area (TPSA) is 29.9 Å². The van der Waals surface area contributed by atoms with Crippen molar-refractivity contribution >= 4 is 0 Å². The molecule has 3 heteroatoms. The molecule has 1 aliphatic rings. The van der Waals surface area contributed by atoms with Crippen LogP contribution in [0.2, 0.25) is 0 Å². The minimum absolute atomic E-state index is 0.716. The van der Waals surface area contributed by atoms with E-state index >= 15 is 0 Å². The minimum atomic E-state index is 0.716. The molecule has 0 bridgehead atoms. The van der Waals surface area contributed by atoms with Gasteiger partial charge in [-0.3, -0.25) is 4.68 Å². The van der Waals surface area contributed by atoms with Crippen molar-refractivity contribution in [3.05, 3.63) is 17.5 Å². The molecule has 1 aliphatic carbocycles. The van der Waals surface area contributed by atoms with Crippen molar-refractivity contribution in [1.29, 1.82) is 0 Å². The van der Waals surface area contributed by atoms with E-state index in [-0.39, 0.29) is 0 Å². The van der Waals surface area contributed by atoms with Crippen molar-refractivity contribution in [3.8, 4) is 0 Å². The van der Waals surface area contributed by atoms with E-state index in [0.717, 1.165) is 24.7 Å². The molecule has 0 aliphatic heterocycles. The van der Waals surface area contributed by atoms with Crippen molar-refractivity contribution in [2.45, 2.75) is 78.4 Å². The van der Waals surface area contributed by atoms with Crippen molar-refractivity contribution in [3.63, 3.8) is 0 Å². The molecule has 0 radical (unpaired) electrons. The fourth-order valence-electron chi connectivity index (χ4n) is 3.33. The van der Waals surface area contributed by atoms with Gasteiger partial charge in [-0.05, 0) is 51.5 Å². The van der Waals surface area contributed by atoms with Gasteiger partial charge in [0.25, 0.3) is 0 Å². The molecule has 0 saturated heterocycles. The molecule has 0 amide bonds. The molecule has 1 N–H and O–H groups in total. The Balaban J connectivity index is 1.77. The Morgan fingerprint density at radius 3 is 2.63 bits per heavy atom. The summed E-state index contributed by atoms with van der Waals surface area (Å²) in [6.45, 7) is 8.47. The summed E-state index contributed by atoms with van der Waals surface area (Å²) in [6, 6.07) is 2.92. The van der Waals surface area contributed by atoms with E-state index in [1.54, 1.807) is 0 Å². The van der Waals surface area contributed by atoms with E-state index in [9.17, 15) is 0 Å². The summed E-state index contributed by atoms with van der Waals surface area (Å²) in [5.74, 6) is 0.992. The molecular formula is C16H29N3. The number of hydrogen-bond acceptors (Lipinski definition) is 2. The molecule has 2 rings (SSSR count). The largest absolute Gasteiger partial charge is 0.308 e. The maximum atomic E-state index is 4.51. The van der Waals surface area contributed by atoms with Gasteiger partial charge < -0.3 is 5.32 Å². The summed E-state index contributed by atoms with van der Waals surface area (Å²) in [4.78, 5) is 0. The van der Waals surface area contributed by atoms with Gasteiger partial charge in [0.1, 0.15) is 0 Å². The van der Waals surface area contributed by atoms with Gasteiger partial charge in [-0.15, -0.1) is 0 Å². The normalized spacial score (nSPS) is 23.7. The maximum absolute atomic E-state index is 4.51. The van der Waals surface area contributed by atoms with Gasteiger partial charge in [-0.25, -0.2) is 0 Å². The first kappa shape index (κ1) is 14.6. The predicted molar refractivity (Wildman–Crippen MR) is 80.1 cm³/mol. The average Bonchev–Trinajstić information content (AvgIpc) is 2.79. The standard InChI is InChI=1S/C16H29N3/c1-4-6-14-7-9-15(10-8-14)17-12-16-11-13(3)18-19(16)5-2/h11,14-15,17H,4-10,12H2,1-3H3. The lowest BCUT2D eigenvalue weighted by Gasteiger charge is -2.29. The lowest BCUT2D eigenvalue weighted by molar-refractivity contribution is 0.276. The lowest BCUT2D eigenvalue weighted by Crippen LogP contribution is -2.33. The van der Waals surface area contributed by atoms with Crippen LogP contribution >= 0.6 is 0 Å². The molecule has 3 nitrogen and oxygen atoms in total. The molecule has 108 valence electrons. The Labute approximate surface area is 117 Å². The van der Waals surface area contributed by atoms with Gasteiger partial charge in [0, 0.05) is 19.1 Å². The van der Waals surface area contributed by atoms with Crippen LogP contribution in [0.15, 0.2) is 6.07 Å². The second-order valence-corrected chi connectivity index (χ2v) is 5.98. The molecule has 1 saturated carbocycles. The van der Waals surface area contributed by atoms with Gasteiger partial charge >= 0.3 is 0 Å². The highest BCUT2D eigenvalue weighted by Crippen LogP contribution is 2.27. The van der Waals surface area contributed by atoms with E-state index in [1.165, 1.54) is 44.2 Å². The van der Waals surface area contributed by atoms with E-state index in [4.69, 9.17) is 0 Å². The van der Waals surface area contributed by atoms with Gasteiger partial charge in [0.2, 0.25) is 0 Å². The zero-order valence-corrected chi connectivity index (χ0v) is 12.8. The second-order valence-electron chi connectivity index (χ2n) is 5.98. The van der Waals surface area contributed by atoms with Crippen LogP contribution in [0.4, 0.5) is 0 Å². The zero-order chi connectivity index (χ0) is 13.7. The van der Waals surface area contributed by atoms with Crippen LogP contribution in [0.25, 0.3) is 0 Å². The van der Waals surface area contributed by atoms with E-state index < -0.39 is 0 Å². The lowest BCUT2D eigenvalue weighted by atomic mass is 9.83. The van der Waals surface area contributed by atoms with E-state index in [0.29, 0.717) is 6.04 Å². The SMILES string of the molecule is CCCC1CCC(NCc2cc(C)nn2CC)CC1. The molecule has 1 aromatic rings. The third-order valence-corrected chi connectivity index (χ3v) is 4.40. The highest BCUT2D eigenvalue weighted by Gasteiger charge is 2.20. The molecule has 0 atom stereocenters. The summed E-state index contributed by atoms with van der Waals surface area (Å²) in [5.41, 5.74) is 2.46. The first-order chi connectivity index (χ1) is 9.22. The summed E-state index contributed by atoms with van der Waals surface area (Å²) in [5, 5.41) is 8.23. The van der Waals surface area contributed by atoms with Crippen LogP contribution in [0.3, 0.4) is 0 Å². The number of nitrogens with one attached hydrogen (secondary N) is 1. The minimum Gasteiger partial charge on any atom is -0.308 e. The van der Waals surface area contributed by atoms with E-state index in [2.05, 4.69) is 41.9 Å². The van der Waals surface area contributed by atoms with Crippen LogP contribution in [0, 0.1) is 12.8 Å². The molecule has 1 fully saturated rings. The Morgan fingerprint density at radius 1 is 1.26 bits per heavy atom. The van der Waals surface area contributed by atoms with Crippen LogP contribution in [0.5, 0.6) is 0 Å². The highest BCUT2D eigenvalue weighted by molar-refractivity contribution is 5.08. The van der Waals surface area contributed by atoms with Gasteiger partial charge in [-0.1, -0.05) is 19.8 Å². The molecule has 19 heavy (non-hydrogen) atoms. The van der Waals surface area contributed by atoms with E-state index in [1.807, 2.05) is 0 Å². The smallest absolute Gasteiger partial charge is 0.0597 e. The number of aryl methyl sites for hydroxylation is 2. The quantitative estimate of drug-likeness (QED) is 0.849. The molecule has 0 spiro atoms. The fraction of sp³-hybridized carbons (Fsp3) is 0.812. The Hall–Kier alpha value is -0.830. The Morgan fingerprint density at radius 2 is 2.00 bits per heavy atom.